The largest absolute Gasteiger partial charge is 0.479 e. The van der Waals surface area contributed by atoms with Crippen LogP contribution in [0, 0.1) is 0 Å². The molecule has 13 heavy (non-hydrogen) atoms. The van der Waals surface area contributed by atoms with Crippen LogP contribution in [0.4, 0.5) is 0 Å². The molecule has 2 heteroatoms. The Labute approximate surface area is 79.3 Å². The van der Waals surface area contributed by atoms with E-state index in [1.54, 1.807) is 19.9 Å². The number of ether oxygens (including phenoxy) is 1. The molecule has 0 radical (unpaired) electrons. The number of hydrogen-bond acceptors (Lipinski definition) is 2. The van der Waals surface area contributed by atoms with Gasteiger partial charge in [0.2, 0.25) is 5.78 Å². The van der Waals surface area contributed by atoms with Crippen LogP contribution in [-0.2, 0) is 9.53 Å². The SMILES string of the molecule is CC/C=C(\C)C1=CC(=O)C(C)(C)O1. The average Bonchev–Trinajstić information content (AvgIpc) is 2.27. The molecule has 0 amide bonds. The molecule has 1 aliphatic rings. The normalized spacial score (nSPS) is 21.4. The minimum absolute atomic E-state index is 0.0475. The molecule has 0 aromatic carbocycles. The summed E-state index contributed by atoms with van der Waals surface area (Å²) in [5.74, 6) is 0.767. The first-order valence-corrected chi connectivity index (χ1v) is 4.59. The number of carbonyl (C=O) groups is 1. The Morgan fingerprint density at radius 1 is 1.62 bits per heavy atom. The van der Waals surface area contributed by atoms with Crippen molar-refractivity contribution in [2.24, 2.45) is 0 Å². The summed E-state index contributed by atoms with van der Waals surface area (Å²) >= 11 is 0. The molecule has 0 spiro atoms. The molecule has 1 aliphatic heterocycles. The molecular formula is C11H16O2. The molecule has 0 saturated heterocycles. The summed E-state index contributed by atoms with van der Waals surface area (Å²) in [4.78, 5) is 11.4. The summed E-state index contributed by atoms with van der Waals surface area (Å²) < 4.78 is 5.52. The standard InChI is InChI=1S/C11H16O2/c1-5-6-8(2)9-7-10(12)11(3,4)13-9/h6-7H,5H2,1-4H3/b8-6+. The second-order valence-corrected chi connectivity index (χ2v) is 3.78. The summed E-state index contributed by atoms with van der Waals surface area (Å²) in [5.41, 5.74) is 0.375. The van der Waals surface area contributed by atoms with Crippen LogP contribution in [0.1, 0.15) is 34.1 Å². The van der Waals surface area contributed by atoms with E-state index < -0.39 is 5.60 Å². The van der Waals surface area contributed by atoms with Gasteiger partial charge >= 0.3 is 0 Å². The first-order chi connectivity index (χ1) is 5.97. The lowest BCUT2D eigenvalue weighted by molar-refractivity contribution is -0.126. The third-order valence-corrected chi connectivity index (χ3v) is 2.12. The minimum Gasteiger partial charge on any atom is -0.479 e. The molecule has 0 N–H and O–H groups in total. The van der Waals surface area contributed by atoms with Crippen LogP contribution in [-0.4, -0.2) is 11.4 Å². The lowest BCUT2D eigenvalue weighted by Gasteiger charge is -2.18. The Balaban J connectivity index is 2.83. The highest BCUT2D eigenvalue weighted by Gasteiger charge is 2.35. The lowest BCUT2D eigenvalue weighted by Crippen LogP contribution is -2.27. The van der Waals surface area contributed by atoms with Crippen molar-refractivity contribution in [2.75, 3.05) is 0 Å². The average molecular weight is 180 g/mol. The van der Waals surface area contributed by atoms with Gasteiger partial charge in [-0.3, -0.25) is 4.79 Å². The van der Waals surface area contributed by atoms with Crippen molar-refractivity contribution in [3.63, 3.8) is 0 Å². The van der Waals surface area contributed by atoms with Crippen molar-refractivity contribution in [1.82, 2.24) is 0 Å². The van der Waals surface area contributed by atoms with Gasteiger partial charge in [0, 0.05) is 6.08 Å². The maximum absolute atomic E-state index is 11.4. The second kappa shape index (κ2) is 3.36. The zero-order valence-electron chi connectivity index (χ0n) is 8.68. The summed E-state index contributed by atoms with van der Waals surface area (Å²) in [6.45, 7) is 7.60. The van der Waals surface area contributed by atoms with Crippen molar-refractivity contribution in [3.05, 3.63) is 23.5 Å². The zero-order valence-corrected chi connectivity index (χ0v) is 8.68. The van der Waals surface area contributed by atoms with Crippen LogP contribution >= 0.6 is 0 Å². The molecule has 1 heterocycles. The van der Waals surface area contributed by atoms with E-state index in [1.165, 1.54) is 0 Å². The van der Waals surface area contributed by atoms with Crippen LogP contribution in [0.15, 0.2) is 23.5 Å². The topological polar surface area (TPSA) is 26.3 Å². The van der Waals surface area contributed by atoms with E-state index in [0.29, 0.717) is 0 Å². The number of rotatable bonds is 2. The van der Waals surface area contributed by atoms with Crippen molar-refractivity contribution < 1.29 is 9.53 Å². The van der Waals surface area contributed by atoms with Gasteiger partial charge in [-0.05, 0) is 32.8 Å². The van der Waals surface area contributed by atoms with Gasteiger partial charge in [0.1, 0.15) is 5.76 Å². The molecule has 1 rings (SSSR count). The fraction of sp³-hybridized carbons (Fsp3) is 0.545. The Morgan fingerprint density at radius 3 is 2.62 bits per heavy atom. The fourth-order valence-electron chi connectivity index (χ4n) is 1.25. The molecule has 0 aliphatic carbocycles. The van der Waals surface area contributed by atoms with E-state index in [2.05, 4.69) is 13.0 Å². The van der Waals surface area contributed by atoms with Crippen molar-refractivity contribution >= 4 is 5.78 Å². The zero-order chi connectivity index (χ0) is 10.1. The van der Waals surface area contributed by atoms with Crippen molar-refractivity contribution in [3.8, 4) is 0 Å². The molecule has 0 aromatic heterocycles. The van der Waals surface area contributed by atoms with Gasteiger partial charge in [-0.25, -0.2) is 0 Å². The first kappa shape index (κ1) is 10.0. The van der Waals surface area contributed by atoms with Crippen LogP contribution in [0.3, 0.4) is 0 Å². The van der Waals surface area contributed by atoms with Crippen molar-refractivity contribution in [2.45, 2.75) is 39.7 Å². The van der Waals surface area contributed by atoms with Gasteiger partial charge in [0.15, 0.2) is 5.60 Å². The molecule has 0 aromatic rings. The Bertz CT molecular complexity index is 282. The molecule has 72 valence electrons. The third kappa shape index (κ3) is 2.00. The highest BCUT2D eigenvalue weighted by atomic mass is 16.5. The molecule has 2 nitrogen and oxygen atoms in total. The monoisotopic (exact) mass is 180 g/mol. The van der Waals surface area contributed by atoms with E-state index in [9.17, 15) is 4.79 Å². The quantitative estimate of drug-likeness (QED) is 0.653. The predicted molar refractivity (Wildman–Crippen MR) is 52.3 cm³/mol. The van der Waals surface area contributed by atoms with Crippen LogP contribution in [0.5, 0.6) is 0 Å². The van der Waals surface area contributed by atoms with E-state index in [4.69, 9.17) is 4.74 Å². The highest BCUT2D eigenvalue weighted by molar-refractivity contribution is 5.99. The van der Waals surface area contributed by atoms with Crippen molar-refractivity contribution in [1.29, 1.82) is 0 Å². The maximum Gasteiger partial charge on any atom is 0.202 e. The smallest absolute Gasteiger partial charge is 0.202 e. The predicted octanol–water partition coefficient (Wildman–Crippen LogP) is 2.60. The van der Waals surface area contributed by atoms with Gasteiger partial charge in [-0.15, -0.1) is 0 Å². The summed E-state index contributed by atoms with van der Waals surface area (Å²) in [7, 11) is 0. The summed E-state index contributed by atoms with van der Waals surface area (Å²) in [5, 5.41) is 0. The molecule has 0 unspecified atom stereocenters. The number of allylic oxidation sites excluding steroid dienone is 2. The molecule has 0 bridgehead atoms. The van der Waals surface area contributed by atoms with E-state index in [1.807, 2.05) is 6.92 Å². The fourth-order valence-corrected chi connectivity index (χ4v) is 1.25. The summed E-state index contributed by atoms with van der Waals surface area (Å²) in [6, 6.07) is 0. The summed E-state index contributed by atoms with van der Waals surface area (Å²) in [6.07, 6.45) is 4.60. The minimum atomic E-state index is -0.668. The van der Waals surface area contributed by atoms with E-state index >= 15 is 0 Å². The Kier molecular flexibility index (Phi) is 2.60. The maximum atomic E-state index is 11.4. The van der Waals surface area contributed by atoms with Crippen LogP contribution in [0.2, 0.25) is 0 Å². The lowest BCUT2D eigenvalue weighted by atomic mass is 10.1. The van der Waals surface area contributed by atoms with Gasteiger partial charge < -0.3 is 4.74 Å². The molecule has 0 atom stereocenters. The van der Waals surface area contributed by atoms with Gasteiger partial charge in [0.05, 0.1) is 0 Å². The third-order valence-electron chi connectivity index (χ3n) is 2.12. The Hall–Kier alpha value is -1.05. The highest BCUT2D eigenvalue weighted by Crippen LogP contribution is 2.28. The van der Waals surface area contributed by atoms with Crippen LogP contribution < -0.4 is 0 Å². The van der Waals surface area contributed by atoms with E-state index in [-0.39, 0.29) is 5.78 Å². The van der Waals surface area contributed by atoms with Crippen LogP contribution in [0.25, 0.3) is 0 Å². The Morgan fingerprint density at radius 2 is 2.23 bits per heavy atom. The molecular weight excluding hydrogens is 164 g/mol. The first-order valence-electron chi connectivity index (χ1n) is 4.59. The van der Waals surface area contributed by atoms with Gasteiger partial charge in [-0.2, -0.15) is 0 Å². The van der Waals surface area contributed by atoms with Gasteiger partial charge in [0.25, 0.3) is 0 Å². The van der Waals surface area contributed by atoms with E-state index in [0.717, 1.165) is 17.8 Å². The molecule has 0 fully saturated rings. The van der Waals surface area contributed by atoms with Gasteiger partial charge in [-0.1, -0.05) is 13.0 Å². The molecule has 0 saturated carbocycles. The second-order valence-electron chi connectivity index (χ2n) is 3.78. The number of ketones is 1. The number of carbonyl (C=O) groups excluding carboxylic acids is 1. The number of hydrogen-bond donors (Lipinski definition) is 0.